The Kier molecular flexibility index (Phi) is 18.3. The minimum absolute atomic E-state index is 0. The molecule has 20 atom stereocenters. The largest absolute Gasteiger partial charge is 0.394 e. The van der Waals surface area contributed by atoms with Gasteiger partial charge in [0.25, 0.3) is 0 Å². The summed E-state index contributed by atoms with van der Waals surface area (Å²) in [7, 11) is 0. The average Bonchev–Trinajstić information content (AvgIpc) is 2.98. The average molecular weight is 1070 g/mol. The maximum absolute atomic E-state index is 11.4. The van der Waals surface area contributed by atoms with Crippen molar-refractivity contribution >= 4 is 0 Å². The van der Waals surface area contributed by atoms with Crippen molar-refractivity contribution in [2.75, 3.05) is 6.61 Å². The molecule has 4 fully saturated rings. The standard InChI is InChI=1S/C33H60O10.2Ac/c1-12-24-29(16(4)14(2)21(9)37-24)42-32-19(7)17(5)28(23(11)39-32)41-33-20(8)27(36)30(25(13-34)40-33)43-31-18(6)15(3)26(35)22(10)38-31;;/h14-36H,12-13H2,1-11H3;;/t14?,15-,16-,17?,18?,19?,20?,21+,22?,23+,24?,25-,26-,27?,28+,29-,30-,31+,32-,33-;;/m1../s1. The number of aliphatic hydroxyl groups excluding tert-OH is 3. The summed E-state index contributed by atoms with van der Waals surface area (Å²) >= 11 is 0. The number of rotatable bonds is 8. The SMILES string of the molecule is CCC1O[C@@H](C)C(C)[C@@H](C)[C@H]1O[C@H]1O[C@@H](C)[C@@H](O[C@H]2O[C@H](CO)[C@@H](O[C@@H]3OC(C)[C@H](O)[C@H](C)C3C)C(O)C2C)C(C)C1C.[Ac].[Ac]. The van der Waals surface area contributed by atoms with Crippen LogP contribution < -0.4 is 0 Å². The summed E-state index contributed by atoms with van der Waals surface area (Å²) in [5.74, 6) is 0.239. The summed E-state index contributed by atoms with van der Waals surface area (Å²) in [6.45, 7) is 22.3. The number of aliphatic hydroxyl groups is 3. The van der Waals surface area contributed by atoms with E-state index in [2.05, 4.69) is 41.5 Å². The van der Waals surface area contributed by atoms with Gasteiger partial charge >= 0.3 is 0 Å². The van der Waals surface area contributed by atoms with E-state index in [4.69, 9.17) is 33.2 Å². The molecule has 0 aromatic carbocycles. The maximum atomic E-state index is 11.4. The molecular formula is C33H60Ac2O10. The Hall–Kier alpha value is 2.48. The van der Waals surface area contributed by atoms with E-state index < -0.39 is 55.3 Å². The molecule has 4 rings (SSSR count). The first-order chi connectivity index (χ1) is 20.2. The van der Waals surface area contributed by atoms with E-state index >= 15 is 0 Å². The molecule has 0 aromatic rings. The zero-order valence-electron chi connectivity index (χ0n) is 29.3. The molecule has 4 aliphatic rings. The van der Waals surface area contributed by atoms with Crippen molar-refractivity contribution in [2.24, 2.45) is 41.4 Å². The van der Waals surface area contributed by atoms with Crippen LogP contribution in [0.3, 0.4) is 0 Å². The van der Waals surface area contributed by atoms with E-state index in [0.717, 1.165) is 6.42 Å². The van der Waals surface area contributed by atoms with Gasteiger partial charge in [-0.3, -0.25) is 0 Å². The first-order valence-corrected chi connectivity index (χ1v) is 16.8. The van der Waals surface area contributed by atoms with Crippen molar-refractivity contribution in [1.82, 2.24) is 0 Å². The Bertz CT molecular complexity index is 884. The number of hydrogen-bond acceptors (Lipinski definition) is 10. The Morgan fingerprint density at radius 1 is 0.467 bits per heavy atom. The van der Waals surface area contributed by atoms with Gasteiger partial charge in [0.1, 0.15) is 12.2 Å². The van der Waals surface area contributed by atoms with Gasteiger partial charge in [-0.1, -0.05) is 55.4 Å². The zero-order chi connectivity index (χ0) is 31.9. The van der Waals surface area contributed by atoms with E-state index in [1.54, 1.807) is 0 Å². The Balaban J connectivity index is 0.00000353. The molecule has 12 heteroatoms. The Labute approximate surface area is 343 Å². The van der Waals surface area contributed by atoms with E-state index in [-0.39, 0.29) is 149 Å². The van der Waals surface area contributed by atoms with Crippen molar-refractivity contribution in [2.45, 2.75) is 162 Å². The van der Waals surface area contributed by atoms with Crippen molar-refractivity contribution in [3.63, 3.8) is 0 Å². The molecule has 0 saturated carbocycles. The number of hydrogen-bond donors (Lipinski definition) is 3. The van der Waals surface area contributed by atoms with Crippen LogP contribution in [0.25, 0.3) is 0 Å². The van der Waals surface area contributed by atoms with Crippen molar-refractivity contribution in [1.29, 1.82) is 0 Å². The first-order valence-electron chi connectivity index (χ1n) is 16.8. The minimum atomic E-state index is -0.962. The van der Waals surface area contributed by atoms with Crippen LogP contribution in [0.1, 0.15) is 82.6 Å². The molecule has 0 aromatic heterocycles. The van der Waals surface area contributed by atoms with Crippen LogP contribution in [0, 0.1) is 130 Å². The molecule has 4 heterocycles. The molecule has 2 radical (unpaired) electrons. The second-order valence-electron chi connectivity index (χ2n) is 14.2. The molecule has 8 unspecified atom stereocenters. The fourth-order valence-electron chi connectivity index (χ4n) is 7.41. The van der Waals surface area contributed by atoms with Gasteiger partial charge < -0.3 is 48.5 Å². The third kappa shape index (κ3) is 9.48. The van der Waals surface area contributed by atoms with Gasteiger partial charge in [0.15, 0.2) is 18.9 Å². The van der Waals surface area contributed by atoms with Gasteiger partial charge in [0, 0.05) is 106 Å². The topological polar surface area (TPSA) is 125 Å². The van der Waals surface area contributed by atoms with Crippen LogP contribution in [-0.4, -0.2) is 102 Å². The first kappa shape index (κ1) is 43.6. The number of ether oxygens (including phenoxy) is 7. The van der Waals surface area contributed by atoms with Crippen LogP contribution in [-0.2, 0) is 33.2 Å². The second-order valence-corrected chi connectivity index (χ2v) is 14.2. The third-order valence-electron chi connectivity index (χ3n) is 11.5. The Morgan fingerprint density at radius 3 is 1.53 bits per heavy atom. The van der Waals surface area contributed by atoms with Gasteiger partial charge in [-0.05, 0) is 50.9 Å². The smallest absolute Gasteiger partial charge is 0.163 e. The van der Waals surface area contributed by atoms with E-state index in [0.29, 0.717) is 11.8 Å². The molecule has 0 spiro atoms. The van der Waals surface area contributed by atoms with E-state index in [1.807, 2.05) is 34.6 Å². The molecular weight excluding hydrogens is 1010 g/mol. The maximum Gasteiger partial charge on any atom is 0.163 e. The van der Waals surface area contributed by atoms with Crippen LogP contribution in [0.15, 0.2) is 0 Å². The molecule has 4 aliphatic heterocycles. The molecule has 258 valence electrons. The fraction of sp³-hybridized carbons (Fsp3) is 1.00. The summed E-state index contributed by atoms with van der Waals surface area (Å²) in [5.41, 5.74) is 0. The van der Waals surface area contributed by atoms with Crippen molar-refractivity contribution < 1.29 is 137 Å². The zero-order valence-corrected chi connectivity index (χ0v) is 38.8. The summed E-state index contributed by atoms with van der Waals surface area (Å²) in [6, 6.07) is 0. The molecule has 10 nitrogen and oxygen atoms in total. The summed E-state index contributed by atoms with van der Waals surface area (Å²) in [6.07, 6.45) is -4.93. The van der Waals surface area contributed by atoms with Gasteiger partial charge in [0.05, 0.1) is 55.4 Å². The molecule has 0 aliphatic carbocycles. The van der Waals surface area contributed by atoms with E-state index in [9.17, 15) is 15.3 Å². The molecule has 4 saturated heterocycles. The van der Waals surface area contributed by atoms with Crippen LogP contribution in [0.4, 0.5) is 0 Å². The van der Waals surface area contributed by atoms with Gasteiger partial charge in [-0.25, -0.2) is 0 Å². The van der Waals surface area contributed by atoms with Gasteiger partial charge in [-0.2, -0.15) is 0 Å². The Morgan fingerprint density at radius 2 is 0.956 bits per heavy atom. The van der Waals surface area contributed by atoms with Crippen LogP contribution in [0.5, 0.6) is 0 Å². The second kappa shape index (κ2) is 18.8. The fourth-order valence-corrected chi connectivity index (χ4v) is 7.41. The monoisotopic (exact) mass is 1070 g/mol. The summed E-state index contributed by atoms with van der Waals surface area (Å²) in [4.78, 5) is 0. The molecule has 45 heavy (non-hydrogen) atoms. The van der Waals surface area contributed by atoms with Gasteiger partial charge in [-0.15, -0.1) is 0 Å². The predicted molar refractivity (Wildman–Crippen MR) is 160 cm³/mol. The summed E-state index contributed by atoms with van der Waals surface area (Å²) < 4.78 is 44.5. The summed E-state index contributed by atoms with van der Waals surface area (Å²) in [5, 5.41) is 32.1. The van der Waals surface area contributed by atoms with Crippen molar-refractivity contribution in [3.8, 4) is 0 Å². The predicted octanol–water partition coefficient (Wildman–Crippen LogP) is 3.72. The quantitative estimate of drug-likeness (QED) is 0.332. The normalized spacial score (nSPS) is 52.4. The van der Waals surface area contributed by atoms with E-state index in [1.165, 1.54) is 0 Å². The molecule has 0 bridgehead atoms. The van der Waals surface area contributed by atoms with Gasteiger partial charge in [0.2, 0.25) is 0 Å². The third-order valence-corrected chi connectivity index (χ3v) is 11.5. The molecule has 3 N–H and O–H groups in total. The molecule has 0 amide bonds. The van der Waals surface area contributed by atoms with Crippen LogP contribution >= 0.6 is 0 Å². The van der Waals surface area contributed by atoms with Crippen LogP contribution in [0.2, 0.25) is 0 Å². The van der Waals surface area contributed by atoms with Crippen molar-refractivity contribution in [3.05, 3.63) is 0 Å². The minimum Gasteiger partial charge on any atom is -0.394 e.